The maximum absolute atomic E-state index is 13.9. The quantitative estimate of drug-likeness (QED) is 0.272. The number of rotatable bonds is 7. The van der Waals surface area contributed by atoms with Crippen LogP contribution in [0, 0.1) is 6.92 Å². The first-order valence-corrected chi connectivity index (χ1v) is 14.1. The smallest absolute Gasteiger partial charge is 0.332 e. The summed E-state index contributed by atoms with van der Waals surface area (Å²) in [6, 6.07) is 19.7. The fourth-order valence-electron chi connectivity index (χ4n) is 4.63. The summed E-state index contributed by atoms with van der Waals surface area (Å²) in [5, 5.41) is 12.1. The average Bonchev–Trinajstić information content (AvgIpc) is 3.61. The van der Waals surface area contributed by atoms with Crippen molar-refractivity contribution < 1.29 is 9.53 Å². The van der Waals surface area contributed by atoms with E-state index in [1.54, 1.807) is 17.2 Å². The molecule has 198 valence electrons. The van der Waals surface area contributed by atoms with Gasteiger partial charge in [0.2, 0.25) is 0 Å². The van der Waals surface area contributed by atoms with E-state index in [-0.39, 0.29) is 11.4 Å². The van der Waals surface area contributed by atoms with Crippen LogP contribution in [0.5, 0.6) is 5.75 Å². The molecule has 0 aliphatic carbocycles. The van der Waals surface area contributed by atoms with Gasteiger partial charge < -0.3 is 10.1 Å². The lowest BCUT2D eigenvalue weighted by molar-refractivity contribution is 0.246. The lowest BCUT2D eigenvalue weighted by Crippen LogP contribution is -2.32. The number of urea groups is 1. The standard InChI is InChI=1S/C30H35N5O2S/c1-21-9-10-22(30(2,3)4)19-26(21)35(28-13-14-31-33-28)29(36)32-25-11-12-27(24-8-6-5-7-23(24)25)37-17-15-34-16-18-38-20-34/h5-14,19H,15-18,20H2,1-4H3,(H,31,33)(H,32,36). The van der Waals surface area contributed by atoms with Gasteiger partial charge in [-0.25, -0.2) is 9.69 Å². The summed E-state index contributed by atoms with van der Waals surface area (Å²) in [6.07, 6.45) is 1.65. The molecule has 1 saturated heterocycles. The Morgan fingerprint density at radius 1 is 1.13 bits per heavy atom. The number of carbonyl (C=O) groups excluding carboxylic acids is 1. The summed E-state index contributed by atoms with van der Waals surface area (Å²) < 4.78 is 6.19. The van der Waals surface area contributed by atoms with Crippen molar-refractivity contribution in [2.45, 2.75) is 33.1 Å². The molecule has 1 aliphatic rings. The summed E-state index contributed by atoms with van der Waals surface area (Å²) in [4.78, 5) is 18.0. The van der Waals surface area contributed by atoms with E-state index in [1.165, 1.54) is 5.75 Å². The van der Waals surface area contributed by atoms with Gasteiger partial charge in [0.1, 0.15) is 18.2 Å². The Balaban J connectivity index is 1.44. The number of hydrogen-bond donors (Lipinski definition) is 2. The molecule has 38 heavy (non-hydrogen) atoms. The molecule has 0 spiro atoms. The molecule has 7 nitrogen and oxygen atoms in total. The SMILES string of the molecule is Cc1ccc(C(C)(C)C)cc1N(C(=O)Nc1ccc(OCCN2CCSC2)c2ccccc12)c1ccn[nH]1. The van der Waals surface area contributed by atoms with Crippen LogP contribution in [-0.2, 0) is 5.41 Å². The number of aromatic nitrogens is 2. The zero-order chi connectivity index (χ0) is 26.7. The normalized spacial score (nSPS) is 14.1. The number of anilines is 3. The van der Waals surface area contributed by atoms with Gasteiger partial charge in [0.05, 0.1) is 17.6 Å². The molecule has 0 atom stereocenters. The van der Waals surface area contributed by atoms with Crippen molar-refractivity contribution >= 4 is 45.8 Å². The number of ether oxygens (including phenoxy) is 1. The van der Waals surface area contributed by atoms with Crippen molar-refractivity contribution in [1.82, 2.24) is 15.1 Å². The molecule has 1 aromatic heterocycles. The fraction of sp³-hybridized carbons (Fsp3) is 0.333. The van der Waals surface area contributed by atoms with Gasteiger partial charge in [-0.05, 0) is 41.7 Å². The van der Waals surface area contributed by atoms with Crippen LogP contribution < -0.4 is 15.0 Å². The molecule has 1 aliphatic heterocycles. The van der Waals surface area contributed by atoms with Crippen LogP contribution in [0.25, 0.3) is 10.8 Å². The highest BCUT2D eigenvalue weighted by Crippen LogP contribution is 2.35. The second-order valence-electron chi connectivity index (χ2n) is 10.6. The molecule has 4 aromatic rings. The van der Waals surface area contributed by atoms with E-state index in [0.717, 1.165) is 58.0 Å². The highest BCUT2D eigenvalue weighted by Gasteiger charge is 2.24. The number of benzene rings is 3. The number of nitrogens with zero attached hydrogens (tertiary/aromatic N) is 3. The van der Waals surface area contributed by atoms with E-state index in [2.05, 4.69) is 59.4 Å². The minimum Gasteiger partial charge on any atom is -0.492 e. The minimum absolute atomic E-state index is 0.0573. The first-order chi connectivity index (χ1) is 18.3. The topological polar surface area (TPSA) is 73.5 Å². The molecule has 0 bridgehead atoms. The largest absolute Gasteiger partial charge is 0.492 e. The second kappa shape index (κ2) is 11.1. The van der Waals surface area contributed by atoms with Crippen molar-refractivity contribution in [2.75, 3.05) is 41.5 Å². The third kappa shape index (κ3) is 5.66. The number of nitrogens with one attached hydrogen (secondary N) is 2. The summed E-state index contributed by atoms with van der Waals surface area (Å²) in [5.41, 5.74) is 3.62. The van der Waals surface area contributed by atoms with Gasteiger partial charge in [0.15, 0.2) is 0 Å². The summed E-state index contributed by atoms with van der Waals surface area (Å²) in [5.74, 6) is 3.68. The Morgan fingerprint density at radius 3 is 2.66 bits per heavy atom. The van der Waals surface area contributed by atoms with Gasteiger partial charge in [-0.2, -0.15) is 5.10 Å². The molecular formula is C30H35N5O2S. The summed E-state index contributed by atoms with van der Waals surface area (Å²) >= 11 is 1.96. The number of fused-ring (bicyclic) bond motifs is 1. The molecule has 1 fully saturated rings. The highest BCUT2D eigenvalue weighted by atomic mass is 32.2. The number of carbonyl (C=O) groups is 1. The van der Waals surface area contributed by atoms with Crippen molar-refractivity contribution in [3.63, 3.8) is 0 Å². The molecule has 0 saturated carbocycles. The van der Waals surface area contributed by atoms with Crippen LogP contribution in [-0.4, -0.2) is 52.5 Å². The van der Waals surface area contributed by atoms with Gasteiger partial charge in [0, 0.05) is 41.6 Å². The van der Waals surface area contributed by atoms with Crippen LogP contribution in [0.3, 0.4) is 0 Å². The van der Waals surface area contributed by atoms with Gasteiger partial charge in [-0.1, -0.05) is 57.2 Å². The van der Waals surface area contributed by atoms with Crippen molar-refractivity contribution in [1.29, 1.82) is 0 Å². The van der Waals surface area contributed by atoms with E-state index < -0.39 is 0 Å². The summed E-state index contributed by atoms with van der Waals surface area (Å²) in [6.45, 7) is 11.2. The second-order valence-corrected chi connectivity index (χ2v) is 11.7. The molecule has 0 radical (unpaired) electrons. The van der Waals surface area contributed by atoms with E-state index in [1.807, 2.05) is 55.1 Å². The van der Waals surface area contributed by atoms with Gasteiger partial charge in [-0.15, -0.1) is 11.8 Å². The molecule has 3 aromatic carbocycles. The van der Waals surface area contributed by atoms with Crippen LogP contribution in [0.2, 0.25) is 0 Å². The predicted molar refractivity (Wildman–Crippen MR) is 158 cm³/mol. The van der Waals surface area contributed by atoms with E-state index in [0.29, 0.717) is 12.4 Å². The van der Waals surface area contributed by atoms with Gasteiger partial charge in [0.25, 0.3) is 0 Å². The molecule has 0 unspecified atom stereocenters. The summed E-state index contributed by atoms with van der Waals surface area (Å²) in [7, 11) is 0. The Kier molecular flexibility index (Phi) is 7.63. The number of hydrogen-bond acceptors (Lipinski definition) is 5. The number of amides is 2. The van der Waals surface area contributed by atoms with E-state index >= 15 is 0 Å². The fourth-order valence-corrected chi connectivity index (χ4v) is 5.66. The molecule has 2 N–H and O–H groups in total. The van der Waals surface area contributed by atoms with Crippen molar-refractivity contribution in [2.24, 2.45) is 0 Å². The minimum atomic E-state index is -0.270. The average molecular weight is 530 g/mol. The van der Waals surface area contributed by atoms with Crippen LogP contribution in [0.4, 0.5) is 22.0 Å². The Morgan fingerprint density at radius 2 is 1.95 bits per heavy atom. The molecule has 2 heterocycles. The third-order valence-electron chi connectivity index (χ3n) is 6.86. The Labute approximate surface area is 228 Å². The van der Waals surface area contributed by atoms with E-state index in [4.69, 9.17) is 4.74 Å². The van der Waals surface area contributed by atoms with Crippen LogP contribution in [0.1, 0.15) is 31.9 Å². The Hall–Kier alpha value is -3.49. The van der Waals surface area contributed by atoms with Gasteiger partial charge in [-0.3, -0.25) is 10.00 Å². The zero-order valence-electron chi connectivity index (χ0n) is 22.5. The monoisotopic (exact) mass is 529 g/mol. The third-order valence-corrected chi connectivity index (χ3v) is 7.88. The number of aryl methyl sites for hydroxylation is 1. The molecule has 5 rings (SSSR count). The van der Waals surface area contributed by atoms with Crippen LogP contribution in [0.15, 0.2) is 66.9 Å². The maximum atomic E-state index is 13.9. The van der Waals surface area contributed by atoms with Gasteiger partial charge >= 0.3 is 6.03 Å². The lowest BCUT2D eigenvalue weighted by Gasteiger charge is -2.27. The number of aromatic amines is 1. The molecule has 8 heteroatoms. The molecule has 2 amide bonds. The van der Waals surface area contributed by atoms with Crippen LogP contribution >= 0.6 is 11.8 Å². The van der Waals surface area contributed by atoms with Crippen molar-refractivity contribution in [3.8, 4) is 5.75 Å². The predicted octanol–water partition coefficient (Wildman–Crippen LogP) is 6.92. The first-order valence-electron chi connectivity index (χ1n) is 13.0. The van der Waals surface area contributed by atoms with Crippen molar-refractivity contribution in [3.05, 3.63) is 78.0 Å². The molecular weight excluding hydrogens is 494 g/mol. The number of thioether (sulfide) groups is 1. The number of H-pyrrole nitrogens is 1. The Bertz CT molecular complexity index is 1410. The zero-order valence-corrected chi connectivity index (χ0v) is 23.3. The lowest BCUT2D eigenvalue weighted by atomic mass is 9.86. The van der Waals surface area contributed by atoms with E-state index in [9.17, 15) is 4.79 Å². The first kappa shape index (κ1) is 26.1. The maximum Gasteiger partial charge on any atom is 0.332 e. The highest BCUT2D eigenvalue weighted by molar-refractivity contribution is 7.99.